The number of carbonyl (C=O) groups is 2. The summed E-state index contributed by atoms with van der Waals surface area (Å²) in [4.78, 5) is 29.0. The Bertz CT molecular complexity index is 1170. The van der Waals surface area contributed by atoms with Crippen molar-refractivity contribution in [3.8, 4) is 0 Å². The van der Waals surface area contributed by atoms with Crippen LogP contribution < -0.4 is 5.32 Å². The van der Waals surface area contributed by atoms with Crippen molar-refractivity contribution < 1.29 is 14.0 Å². The van der Waals surface area contributed by atoms with Crippen LogP contribution in [-0.4, -0.2) is 32.5 Å². The molecule has 1 aliphatic carbocycles. The molecule has 3 aromatic rings. The lowest BCUT2D eigenvalue weighted by atomic mass is 9.94. The van der Waals surface area contributed by atoms with Crippen molar-refractivity contribution >= 4 is 23.4 Å². The lowest BCUT2D eigenvalue weighted by Gasteiger charge is -2.34. The standard InChI is InChI=1S/C28H32ClFN4O2/c1-20-15-17-31-34(20)18-16-26(35)33(19-22-7-5-6-10-25(22)29)27(21-11-13-23(30)14-12-21)28(36)32-24-8-3-2-4-9-24/h5-7,10-15,17,24,27H,2-4,8-9,16,18-19H2,1H3,(H,32,36). The molecule has 0 saturated heterocycles. The molecular formula is C28H32ClFN4O2. The minimum absolute atomic E-state index is 0.0678. The second-order valence-electron chi connectivity index (χ2n) is 9.36. The molecule has 1 aromatic heterocycles. The molecule has 1 aliphatic rings. The fourth-order valence-corrected chi connectivity index (χ4v) is 4.95. The molecule has 4 rings (SSSR count). The first-order valence-corrected chi connectivity index (χ1v) is 12.9. The van der Waals surface area contributed by atoms with E-state index in [-0.39, 0.29) is 30.8 Å². The summed E-state index contributed by atoms with van der Waals surface area (Å²) in [6.45, 7) is 2.46. The number of carbonyl (C=O) groups excluding carboxylic acids is 2. The fraction of sp³-hybridized carbons (Fsp3) is 0.393. The molecule has 1 fully saturated rings. The summed E-state index contributed by atoms with van der Waals surface area (Å²) in [5.41, 5.74) is 2.24. The number of nitrogens with zero attached hydrogens (tertiary/aromatic N) is 3. The Morgan fingerprint density at radius 1 is 1.11 bits per heavy atom. The second-order valence-corrected chi connectivity index (χ2v) is 9.76. The van der Waals surface area contributed by atoms with Gasteiger partial charge < -0.3 is 10.2 Å². The smallest absolute Gasteiger partial charge is 0.247 e. The number of halogens is 2. The molecule has 8 heteroatoms. The van der Waals surface area contributed by atoms with Crippen LogP contribution in [0.15, 0.2) is 60.8 Å². The summed E-state index contributed by atoms with van der Waals surface area (Å²) in [7, 11) is 0. The predicted molar refractivity (Wildman–Crippen MR) is 138 cm³/mol. The second kappa shape index (κ2) is 12.2. The zero-order valence-corrected chi connectivity index (χ0v) is 21.3. The van der Waals surface area contributed by atoms with Crippen LogP contribution in [0.3, 0.4) is 0 Å². The molecular weight excluding hydrogens is 479 g/mol. The molecule has 2 amide bonds. The number of amides is 2. The Hall–Kier alpha value is -3.19. The van der Waals surface area contributed by atoms with Gasteiger partial charge in [-0.3, -0.25) is 14.3 Å². The highest BCUT2D eigenvalue weighted by atomic mass is 35.5. The Balaban J connectivity index is 1.67. The van der Waals surface area contributed by atoms with Crippen LogP contribution in [0.1, 0.15) is 61.4 Å². The molecule has 190 valence electrons. The van der Waals surface area contributed by atoms with Crippen molar-refractivity contribution in [1.29, 1.82) is 0 Å². The predicted octanol–water partition coefficient (Wildman–Crippen LogP) is 5.59. The first-order chi connectivity index (χ1) is 17.4. The monoisotopic (exact) mass is 510 g/mol. The quantitative estimate of drug-likeness (QED) is 0.408. The van der Waals surface area contributed by atoms with E-state index in [1.807, 2.05) is 31.2 Å². The summed E-state index contributed by atoms with van der Waals surface area (Å²) in [6, 6.07) is 14.1. The van der Waals surface area contributed by atoms with Gasteiger partial charge in [0.25, 0.3) is 0 Å². The molecule has 36 heavy (non-hydrogen) atoms. The van der Waals surface area contributed by atoms with Gasteiger partial charge >= 0.3 is 0 Å². The van der Waals surface area contributed by atoms with E-state index in [1.165, 1.54) is 12.1 Å². The highest BCUT2D eigenvalue weighted by Crippen LogP contribution is 2.28. The van der Waals surface area contributed by atoms with Gasteiger partial charge in [0.1, 0.15) is 11.9 Å². The maximum absolute atomic E-state index is 13.8. The van der Waals surface area contributed by atoms with Gasteiger partial charge in [-0.15, -0.1) is 0 Å². The van der Waals surface area contributed by atoms with Gasteiger partial charge in [-0.05, 0) is 55.2 Å². The molecule has 1 atom stereocenters. The fourth-order valence-electron chi connectivity index (χ4n) is 4.76. The molecule has 0 spiro atoms. The largest absolute Gasteiger partial charge is 0.351 e. The van der Waals surface area contributed by atoms with E-state index in [4.69, 9.17) is 11.6 Å². The lowest BCUT2D eigenvalue weighted by Crippen LogP contribution is -2.47. The maximum atomic E-state index is 13.8. The Kier molecular flexibility index (Phi) is 8.75. The van der Waals surface area contributed by atoms with E-state index in [0.717, 1.165) is 43.4 Å². The number of hydrogen-bond acceptors (Lipinski definition) is 3. The topological polar surface area (TPSA) is 67.2 Å². The Morgan fingerprint density at radius 2 is 1.83 bits per heavy atom. The number of nitrogens with one attached hydrogen (secondary N) is 1. The molecule has 0 aliphatic heterocycles. The van der Waals surface area contributed by atoms with Crippen molar-refractivity contribution in [2.75, 3.05) is 0 Å². The summed E-state index contributed by atoms with van der Waals surface area (Å²) < 4.78 is 15.6. The van der Waals surface area contributed by atoms with Gasteiger partial charge in [0, 0.05) is 42.5 Å². The van der Waals surface area contributed by atoms with Crippen LogP contribution in [0.2, 0.25) is 5.02 Å². The molecule has 1 N–H and O–H groups in total. The minimum Gasteiger partial charge on any atom is -0.351 e. The van der Waals surface area contributed by atoms with Crippen molar-refractivity contribution in [2.45, 2.75) is 70.6 Å². The van der Waals surface area contributed by atoms with Gasteiger partial charge in [0.05, 0.1) is 0 Å². The lowest BCUT2D eigenvalue weighted by molar-refractivity contribution is -0.142. The summed E-state index contributed by atoms with van der Waals surface area (Å²) >= 11 is 6.46. The zero-order valence-electron chi connectivity index (χ0n) is 20.5. The van der Waals surface area contributed by atoms with Crippen molar-refractivity contribution in [3.05, 3.63) is 88.5 Å². The van der Waals surface area contributed by atoms with Crippen molar-refractivity contribution in [2.24, 2.45) is 0 Å². The van der Waals surface area contributed by atoms with Gasteiger partial charge in [0.2, 0.25) is 11.8 Å². The van der Waals surface area contributed by atoms with E-state index in [9.17, 15) is 14.0 Å². The van der Waals surface area contributed by atoms with E-state index < -0.39 is 11.9 Å². The van der Waals surface area contributed by atoms with Gasteiger partial charge in [-0.25, -0.2) is 4.39 Å². The van der Waals surface area contributed by atoms with Gasteiger partial charge in [0.15, 0.2) is 0 Å². The first kappa shape index (κ1) is 25.9. The molecule has 2 aromatic carbocycles. The van der Waals surface area contributed by atoms with E-state index in [2.05, 4.69) is 10.4 Å². The number of rotatable bonds is 9. The molecule has 1 unspecified atom stereocenters. The molecule has 1 saturated carbocycles. The number of aryl methyl sites for hydroxylation is 2. The van der Waals surface area contributed by atoms with E-state index >= 15 is 0 Å². The SMILES string of the molecule is Cc1ccnn1CCC(=O)N(Cc1ccccc1Cl)C(C(=O)NC1CCCCC1)c1ccc(F)cc1. The summed E-state index contributed by atoms with van der Waals surface area (Å²) in [6.07, 6.45) is 6.98. The third kappa shape index (κ3) is 6.52. The van der Waals surface area contributed by atoms with Crippen LogP contribution in [0, 0.1) is 12.7 Å². The molecule has 1 heterocycles. The maximum Gasteiger partial charge on any atom is 0.247 e. The highest BCUT2D eigenvalue weighted by Gasteiger charge is 2.33. The normalized spacial score (nSPS) is 14.9. The average molecular weight is 511 g/mol. The van der Waals surface area contributed by atoms with E-state index in [1.54, 1.807) is 34.0 Å². The molecule has 0 bridgehead atoms. The summed E-state index contributed by atoms with van der Waals surface area (Å²) in [5, 5.41) is 7.96. The highest BCUT2D eigenvalue weighted by molar-refractivity contribution is 6.31. The van der Waals surface area contributed by atoms with Crippen molar-refractivity contribution in [3.63, 3.8) is 0 Å². The number of hydrogen-bond donors (Lipinski definition) is 1. The third-order valence-corrected chi connectivity index (χ3v) is 7.15. The van der Waals surface area contributed by atoms with Gasteiger partial charge in [-0.2, -0.15) is 5.10 Å². The van der Waals surface area contributed by atoms with Crippen LogP contribution >= 0.6 is 11.6 Å². The van der Waals surface area contributed by atoms with Gasteiger partial charge in [-0.1, -0.05) is 61.2 Å². The summed E-state index contributed by atoms with van der Waals surface area (Å²) in [5.74, 6) is -0.870. The zero-order chi connectivity index (χ0) is 25.5. The van der Waals surface area contributed by atoms with Crippen LogP contribution in [-0.2, 0) is 22.7 Å². The third-order valence-electron chi connectivity index (χ3n) is 6.78. The van der Waals surface area contributed by atoms with Crippen LogP contribution in [0.5, 0.6) is 0 Å². The van der Waals surface area contributed by atoms with Crippen LogP contribution in [0.4, 0.5) is 4.39 Å². The number of benzene rings is 2. The average Bonchev–Trinajstić information content (AvgIpc) is 3.29. The number of aromatic nitrogens is 2. The first-order valence-electron chi connectivity index (χ1n) is 12.5. The molecule has 6 nitrogen and oxygen atoms in total. The van der Waals surface area contributed by atoms with Crippen molar-refractivity contribution in [1.82, 2.24) is 20.0 Å². The Labute approximate surface area is 216 Å². The van der Waals surface area contributed by atoms with Crippen LogP contribution in [0.25, 0.3) is 0 Å². The minimum atomic E-state index is -0.921. The van der Waals surface area contributed by atoms with E-state index in [0.29, 0.717) is 17.1 Å². The molecule has 0 radical (unpaired) electrons. The Morgan fingerprint density at radius 3 is 2.50 bits per heavy atom.